The van der Waals surface area contributed by atoms with Gasteiger partial charge < -0.3 is 9.84 Å². The maximum absolute atomic E-state index is 11.5. The molecule has 0 aliphatic rings. The number of carboxylic acids is 1. The first-order valence-corrected chi connectivity index (χ1v) is 7.17. The Balaban J connectivity index is 2.00. The van der Waals surface area contributed by atoms with Crippen LogP contribution in [0.3, 0.4) is 0 Å². The molecule has 0 heterocycles. The Morgan fingerprint density at radius 2 is 1.78 bits per heavy atom. The number of nitro benzene ring substituents is 1. The third-order valence-corrected chi connectivity index (χ3v) is 3.47. The number of hydrogen-bond donors (Lipinski definition) is 1. The van der Waals surface area contributed by atoms with Gasteiger partial charge in [0.2, 0.25) is 0 Å². The number of hydrogen-bond acceptors (Lipinski definition) is 4. The Kier molecular flexibility index (Phi) is 5.82. The second-order valence-corrected chi connectivity index (χ2v) is 5.03. The van der Waals surface area contributed by atoms with E-state index in [0.717, 1.165) is 5.56 Å². The van der Waals surface area contributed by atoms with Gasteiger partial charge in [0.25, 0.3) is 5.69 Å². The fourth-order valence-electron chi connectivity index (χ4n) is 2.33. The summed E-state index contributed by atoms with van der Waals surface area (Å²) in [6, 6.07) is 15.4. The Morgan fingerprint density at radius 1 is 1.13 bits per heavy atom. The average molecular weight is 315 g/mol. The third-order valence-electron chi connectivity index (χ3n) is 3.47. The summed E-state index contributed by atoms with van der Waals surface area (Å²) < 4.78 is 5.49. The van der Waals surface area contributed by atoms with E-state index in [1.165, 1.54) is 18.2 Å². The molecule has 1 N–H and O–H groups in total. The lowest BCUT2D eigenvalue weighted by atomic mass is 9.94. The van der Waals surface area contributed by atoms with E-state index in [1.807, 2.05) is 30.3 Å². The topological polar surface area (TPSA) is 89.7 Å². The Labute approximate surface area is 133 Å². The third kappa shape index (κ3) is 4.62. The van der Waals surface area contributed by atoms with Crippen molar-refractivity contribution in [2.24, 2.45) is 0 Å². The van der Waals surface area contributed by atoms with E-state index >= 15 is 0 Å². The summed E-state index contributed by atoms with van der Waals surface area (Å²) in [4.78, 5) is 21.9. The Morgan fingerprint density at radius 3 is 2.43 bits per heavy atom. The maximum Gasteiger partial charge on any atom is 0.311 e. The highest BCUT2D eigenvalue weighted by Crippen LogP contribution is 2.29. The molecule has 0 aliphatic carbocycles. The van der Waals surface area contributed by atoms with Gasteiger partial charge in [-0.25, -0.2) is 0 Å². The lowest BCUT2D eigenvalue weighted by Gasteiger charge is -2.13. The Bertz CT molecular complexity index is 672. The number of nitro groups is 1. The number of carboxylic acid groups (broad SMARTS) is 1. The van der Waals surface area contributed by atoms with Crippen LogP contribution in [-0.4, -0.2) is 22.6 Å². The number of carbonyl (C=O) groups is 1. The molecule has 0 radical (unpaired) electrons. The number of nitrogens with zero attached hydrogens (tertiary/aromatic N) is 1. The molecular formula is C17H17NO5. The molecule has 2 aromatic carbocycles. The molecule has 2 rings (SSSR count). The van der Waals surface area contributed by atoms with Crippen LogP contribution < -0.4 is 0 Å². The Hall–Kier alpha value is -2.73. The minimum absolute atomic E-state index is 0.174. The van der Waals surface area contributed by atoms with Gasteiger partial charge in [-0.3, -0.25) is 14.9 Å². The molecule has 0 saturated heterocycles. The van der Waals surface area contributed by atoms with Crippen molar-refractivity contribution in [2.75, 3.05) is 6.61 Å². The van der Waals surface area contributed by atoms with E-state index in [-0.39, 0.29) is 24.3 Å². The number of benzene rings is 2. The fourth-order valence-corrected chi connectivity index (χ4v) is 2.33. The minimum atomic E-state index is -1.09. The summed E-state index contributed by atoms with van der Waals surface area (Å²) in [6.07, 6.45) is 0.174. The second kappa shape index (κ2) is 8.05. The van der Waals surface area contributed by atoms with E-state index in [0.29, 0.717) is 6.61 Å². The summed E-state index contributed by atoms with van der Waals surface area (Å²) >= 11 is 0. The molecule has 0 aromatic heterocycles. The molecule has 23 heavy (non-hydrogen) atoms. The van der Waals surface area contributed by atoms with Crippen LogP contribution in [0.2, 0.25) is 0 Å². The summed E-state index contributed by atoms with van der Waals surface area (Å²) in [6.45, 7) is 0.585. The predicted octanol–water partition coefficient (Wildman–Crippen LogP) is 3.37. The largest absolute Gasteiger partial charge is 0.481 e. The van der Waals surface area contributed by atoms with Crippen molar-refractivity contribution in [3.8, 4) is 0 Å². The van der Waals surface area contributed by atoms with Crippen LogP contribution in [0.15, 0.2) is 54.6 Å². The molecular weight excluding hydrogens is 298 g/mol. The van der Waals surface area contributed by atoms with Crippen molar-refractivity contribution in [3.05, 3.63) is 75.8 Å². The molecule has 6 heteroatoms. The number of para-hydroxylation sites is 1. The van der Waals surface area contributed by atoms with E-state index in [9.17, 15) is 20.0 Å². The van der Waals surface area contributed by atoms with Crippen molar-refractivity contribution >= 4 is 11.7 Å². The zero-order valence-corrected chi connectivity index (χ0v) is 12.4. The van der Waals surface area contributed by atoms with Crippen molar-refractivity contribution in [1.82, 2.24) is 0 Å². The van der Waals surface area contributed by atoms with Crippen molar-refractivity contribution in [2.45, 2.75) is 18.9 Å². The van der Waals surface area contributed by atoms with Crippen LogP contribution in [0.1, 0.15) is 23.5 Å². The number of rotatable bonds is 8. The van der Waals surface area contributed by atoms with Crippen molar-refractivity contribution < 1.29 is 19.6 Å². The smallest absolute Gasteiger partial charge is 0.311 e. The second-order valence-electron chi connectivity index (χ2n) is 5.03. The van der Waals surface area contributed by atoms with Crippen LogP contribution in [0, 0.1) is 10.1 Å². The highest BCUT2D eigenvalue weighted by molar-refractivity contribution is 5.77. The van der Waals surface area contributed by atoms with Gasteiger partial charge in [0, 0.05) is 18.2 Å². The van der Waals surface area contributed by atoms with Crippen LogP contribution in [0.4, 0.5) is 5.69 Å². The van der Waals surface area contributed by atoms with Gasteiger partial charge in [-0.15, -0.1) is 0 Å². The first-order chi connectivity index (χ1) is 11.1. The molecule has 6 nitrogen and oxygen atoms in total. The summed E-state index contributed by atoms with van der Waals surface area (Å²) in [5.41, 5.74) is 1.02. The van der Waals surface area contributed by atoms with Gasteiger partial charge in [-0.1, -0.05) is 48.5 Å². The summed E-state index contributed by atoms with van der Waals surface area (Å²) in [5.74, 6) is -2.06. The van der Waals surface area contributed by atoms with E-state index in [4.69, 9.17) is 4.74 Å². The SMILES string of the molecule is O=C(O)C(CCOCc1ccccc1)c1ccccc1[N+](=O)[O-]. The minimum Gasteiger partial charge on any atom is -0.481 e. The quantitative estimate of drug-likeness (QED) is 0.458. The van der Waals surface area contributed by atoms with Gasteiger partial charge in [0.05, 0.1) is 17.4 Å². The highest BCUT2D eigenvalue weighted by atomic mass is 16.6. The van der Waals surface area contributed by atoms with Crippen LogP contribution in [0.25, 0.3) is 0 Å². The summed E-state index contributed by atoms with van der Waals surface area (Å²) in [5, 5.41) is 20.4. The maximum atomic E-state index is 11.5. The van der Waals surface area contributed by atoms with Crippen LogP contribution >= 0.6 is 0 Å². The molecule has 2 aromatic rings. The van der Waals surface area contributed by atoms with E-state index in [1.54, 1.807) is 6.07 Å². The number of aliphatic carboxylic acids is 1. The van der Waals surface area contributed by atoms with E-state index in [2.05, 4.69) is 0 Å². The molecule has 0 bridgehead atoms. The predicted molar refractivity (Wildman–Crippen MR) is 84.2 cm³/mol. The summed E-state index contributed by atoms with van der Waals surface area (Å²) in [7, 11) is 0. The number of ether oxygens (including phenoxy) is 1. The zero-order valence-electron chi connectivity index (χ0n) is 12.4. The van der Waals surface area contributed by atoms with Gasteiger partial charge in [0.1, 0.15) is 0 Å². The first-order valence-electron chi connectivity index (χ1n) is 7.17. The van der Waals surface area contributed by atoms with Crippen molar-refractivity contribution in [3.63, 3.8) is 0 Å². The average Bonchev–Trinajstić information content (AvgIpc) is 2.55. The van der Waals surface area contributed by atoms with Gasteiger partial charge >= 0.3 is 5.97 Å². The monoisotopic (exact) mass is 315 g/mol. The van der Waals surface area contributed by atoms with Crippen LogP contribution in [0.5, 0.6) is 0 Å². The molecule has 0 spiro atoms. The van der Waals surface area contributed by atoms with E-state index < -0.39 is 16.8 Å². The molecule has 120 valence electrons. The van der Waals surface area contributed by atoms with Gasteiger partial charge in [0.15, 0.2) is 0 Å². The highest BCUT2D eigenvalue weighted by Gasteiger charge is 2.27. The fraction of sp³-hybridized carbons (Fsp3) is 0.235. The molecule has 0 fully saturated rings. The molecule has 0 aliphatic heterocycles. The van der Waals surface area contributed by atoms with Crippen molar-refractivity contribution in [1.29, 1.82) is 0 Å². The first kappa shape index (κ1) is 16.6. The molecule has 1 atom stereocenters. The molecule has 0 amide bonds. The lowest BCUT2D eigenvalue weighted by molar-refractivity contribution is -0.385. The van der Waals surface area contributed by atoms with Crippen LogP contribution in [-0.2, 0) is 16.1 Å². The molecule has 0 saturated carbocycles. The lowest BCUT2D eigenvalue weighted by Crippen LogP contribution is -2.15. The van der Waals surface area contributed by atoms with Gasteiger partial charge in [-0.05, 0) is 12.0 Å². The molecule has 1 unspecified atom stereocenters. The van der Waals surface area contributed by atoms with Gasteiger partial charge in [-0.2, -0.15) is 0 Å². The standard InChI is InChI=1S/C17H17NO5/c19-17(20)15(14-8-4-5-9-16(14)18(21)22)10-11-23-12-13-6-2-1-3-7-13/h1-9,15H,10-12H2,(H,19,20). The zero-order chi connectivity index (χ0) is 16.7. The normalized spacial score (nSPS) is 11.8.